The van der Waals surface area contributed by atoms with Gasteiger partial charge in [-0.05, 0) is 68.0 Å². The van der Waals surface area contributed by atoms with Gasteiger partial charge in [-0.2, -0.15) is 9.30 Å². The van der Waals surface area contributed by atoms with E-state index in [0.29, 0.717) is 29.7 Å². The zero-order valence-electron chi connectivity index (χ0n) is 20.9. The highest BCUT2D eigenvalue weighted by atomic mass is 32.2. The third-order valence-electron chi connectivity index (χ3n) is 6.27. The number of benzene rings is 2. The van der Waals surface area contributed by atoms with Crippen LogP contribution in [0.15, 0.2) is 52.4 Å². The monoisotopic (exact) mass is 529 g/mol. The molecule has 1 aromatic heterocycles. The van der Waals surface area contributed by atoms with E-state index in [1.807, 2.05) is 25.1 Å². The summed E-state index contributed by atoms with van der Waals surface area (Å²) >= 11 is 1.31. The smallest absolute Gasteiger partial charge is 0.326 e. The van der Waals surface area contributed by atoms with E-state index in [9.17, 15) is 18.0 Å². The fourth-order valence-corrected chi connectivity index (χ4v) is 7.53. The molecule has 2 heterocycles. The van der Waals surface area contributed by atoms with E-state index < -0.39 is 21.9 Å². The Morgan fingerprint density at radius 3 is 2.39 bits per heavy atom. The number of para-hydroxylation sites is 1. The summed E-state index contributed by atoms with van der Waals surface area (Å²) in [6.07, 6.45) is 1.01. The number of aromatic nitrogens is 1. The number of piperidine rings is 1. The molecule has 1 fully saturated rings. The molecule has 0 spiro atoms. The SMILES string of the molecule is CCOC(=O)Cn1c(=NC(=O)c2ccc(S(=O)(=O)N3CC(C)CC(C)C3)cc2)sc2cccc(C)c21. The number of fused-ring (bicyclic) bond motifs is 1. The molecular formula is C26H31N3O5S2. The lowest BCUT2D eigenvalue weighted by Crippen LogP contribution is -2.42. The highest BCUT2D eigenvalue weighted by molar-refractivity contribution is 7.89. The Morgan fingerprint density at radius 2 is 1.75 bits per heavy atom. The van der Waals surface area contributed by atoms with E-state index in [2.05, 4.69) is 18.8 Å². The number of esters is 1. The van der Waals surface area contributed by atoms with Gasteiger partial charge in [-0.3, -0.25) is 9.59 Å². The van der Waals surface area contributed by atoms with Crippen molar-refractivity contribution in [2.45, 2.75) is 45.6 Å². The lowest BCUT2D eigenvalue weighted by Gasteiger charge is -2.34. The average Bonchev–Trinajstić information content (AvgIpc) is 3.16. The second-order valence-corrected chi connectivity index (χ2v) is 12.4. The third-order valence-corrected chi connectivity index (χ3v) is 9.16. The molecule has 36 heavy (non-hydrogen) atoms. The number of thiazole rings is 1. The van der Waals surface area contributed by atoms with Gasteiger partial charge in [0.05, 0.1) is 21.7 Å². The maximum absolute atomic E-state index is 13.2. The molecule has 2 atom stereocenters. The number of carbonyl (C=O) groups is 2. The first-order chi connectivity index (χ1) is 17.1. The summed E-state index contributed by atoms with van der Waals surface area (Å²) in [7, 11) is -3.64. The number of nitrogens with zero attached hydrogens (tertiary/aromatic N) is 3. The summed E-state index contributed by atoms with van der Waals surface area (Å²) in [6.45, 7) is 8.99. The fraction of sp³-hybridized carbons (Fsp3) is 0.423. The van der Waals surface area contributed by atoms with Crippen molar-refractivity contribution >= 4 is 43.5 Å². The number of sulfonamides is 1. The number of ether oxygens (including phenoxy) is 1. The van der Waals surface area contributed by atoms with Crippen molar-refractivity contribution in [2.24, 2.45) is 16.8 Å². The Labute approximate surface area is 215 Å². The molecule has 2 aromatic carbocycles. The van der Waals surface area contributed by atoms with Crippen LogP contribution in [0.2, 0.25) is 0 Å². The summed E-state index contributed by atoms with van der Waals surface area (Å²) in [5.41, 5.74) is 2.05. The van der Waals surface area contributed by atoms with E-state index in [1.165, 1.54) is 39.9 Å². The number of hydrogen-bond donors (Lipinski definition) is 0. The van der Waals surface area contributed by atoms with Crippen LogP contribution in [0.1, 0.15) is 43.1 Å². The van der Waals surface area contributed by atoms with Gasteiger partial charge >= 0.3 is 5.97 Å². The number of hydrogen-bond acceptors (Lipinski definition) is 6. The Bertz CT molecular complexity index is 1440. The second-order valence-electron chi connectivity index (χ2n) is 9.41. The highest BCUT2D eigenvalue weighted by Crippen LogP contribution is 2.27. The molecule has 4 rings (SSSR count). The summed E-state index contributed by atoms with van der Waals surface area (Å²) in [4.78, 5) is 30.1. The summed E-state index contributed by atoms with van der Waals surface area (Å²) in [5, 5.41) is 0. The largest absolute Gasteiger partial charge is 0.465 e. The van der Waals surface area contributed by atoms with Crippen LogP contribution < -0.4 is 4.80 Å². The van der Waals surface area contributed by atoms with Crippen LogP contribution in [0.5, 0.6) is 0 Å². The maximum atomic E-state index is 13.2. The Morgan fingerprint density at radius 1 is 1.08 bits per heavy atom. The molecule has 1 aliphatic heterocycles. The Hall–Kier alpha value is -2.82. The van der Waals surface area contributed by atoms with Crippen LogP contribution >= 0.6 is 11.3 Å². The molecule has 1 aliphatic rings. The van der Waals surface area contributed by atoms with Crippen LogP contribution in [-0.4, -0.2) is 48.9 Å². The maximum Gasteiger partial charge on any atom is 0.326 e. The van der Waals surface area contributed by atoms with Crippen molar-refractivity contribution in [3.63, 3.8) is 0 Å². The van der Waals surface area contributed by atoms with Crippen LogP contribution in [0.3, 0.4) is 0 Å². The molecule has 3 aromatic rings. The van der Waals surface area contributed by atoms with Crippen LogP contribution in [0.4, 0.5) is 0 Å². The van der Waals surface area contributed by atoms with Crippen molar-refractivity contribution in [2.75, 3.05) is 19.7 Å². The first-order valence-electron chi connectivity index (χ1n) is 12.0. The molecule has 0 bridgehead atoms. The number of aryl methyl sites for hydroxylation is 1. The van der Waals surface area contributed by atoms with E-state index in [4.69, 9.17) is 4.74 Å². The van der Waals surface area contributed by atoms with E-state index in [0.717, 1.165) is 22.2 Å². The molecule has 0 aliphatic carbocycles. The molecule has 0 N–H and O–H groups in total. The Balaban J connectivity index is 1.65. The van der Waals surface area contributed by atoms with Gasteiger partial charge in [0.25, 0.3) is 5.91 Å². The third kappa shape index (κ3) is 5.45. The lowest BCUT2D eigenvalue weighted by molar-refractivity contribution is -0.143. The minimum Gasteiger partial charge on any atom is -0.465 e. The molecule has 1 amide bonds. The molecule has 0 saturated carbocycles. The summed E-state index contributed by atoms with van der Waals surface area (Å²) in [6, 6.07) is 11.7. The quantitative estimate of drug-likeness (QED) is 0.450. The predicted octanol–water partition coefficient (Wildman–Crippen LogP) is 3.98. The minimum absolute atomic E-state index is 0.0608. The zero-order chi connectivity index (χ0) is 26.0. The topological polar surface area (TPSA) is 98.0 Å². The van der Waals surface area contributed by atoms with Gasteiger partial charge in [0.2, 0.25) is 10.0 Å². The molecule has 1 saturated heterocycles. The van der Waals surface area contributed by atoms with Crippen LogP contribution in [0.25, 0.3) is 10.2 Å². The van der Waals surface area contributed by atoms with Crippen LogP contribution in [0, 0.1) is 18.8 Å². The zero-order valence-corrected chi connectivity index (χ0v) is 22.6. The predicted molar refractivity (Wildman–Crippen MR) is 139 cm³/mol. The Kier molecular flexibility index (Phi) is 7.77. The summed E-state index contributed by atoms with van der Waals surface area (Å²) in [5.74, 6) is -0.324. The molecular weight excluding hydrogens is 498 g/mol. The first-order valence-corrected chi connectivity index (χ1v) is 14.3. The van der Waals surface area contributed by atoms with Gasteiger partial charge in [-0.1, -0.05) is 37.3 Å². The highest BCUT2D eigenvalue weighted by Gasteiger charge is 2.31. The van der Waals surface area contributed by atoms with Gasteiger partial charge < -0.3 is 9.30 Å². The van der Waals surface area contributed by atoms with Gasteiger partial charge in [0.1, 0.15) is 6.54 Å². The number of carbonyl (C=O) groups excluding carboxylic acids is 2. The van der Waals surface area contributed by atoms with E-state index in [-0.39, 0.29) is 23.6 Å². The van der Waals surface area contributed by atoms with Gasteiger partial charge in [0, 0.05) is 18.7 Å². The second kappa shape index (κ2) is 10.7. The van der Waals surface area contributed by atoms with Gasteiger partial charge in [-0.25, -0.2) is 8.42 Å². The average molecular weight is 530 g/mol. The normalized spacial score (nSPS) is 19.5. The number of amides is 1. The molecule has 2 unspecified atom stereocenters. The van der Waals surface area contributed by atoms with E-state index >= 15 is 0 Å². The summed E-state index contributed by atoms with van der Waals surface area (Å²) < 4.78 is 35.6. The van der Waals surface area contributed by atoms with Gasteiger partial charge in [-0.15, -0.1) is 0 Å². The lowest BCUT2D eigenvalue weighted by atomic mass is 9.94. The van der Waals surface area contributed by atoms with Crippen molar-refractivity contribution < 1.29 is 22.7 Å². The molecule has 10 heteroatoms. The van der Waals surface area contributed by atoms with Crippen LogP contribution in [-0.2, 0) is 26.1 Å². The molecule has 0 radical (unpaired) electrons. The minimum atomic E-state index is -3.64. The standard InChI is InChI=1S/C26H31N3O5S2/c1-5-34-23(30)16-29-24-19(4)7-6-8-22(24)35-26(29)27-25(31)20-9-11-21(12-10-20)36(32,33)28-14-17(2)13-18(3)15-28/h6-12,17-18H,5,13-16H2,1-4H3. The molecule has 8 nitrogen and oxygen atoms in total. The van der Waals surface area contributed by atoms with Gasteiger partial charge in [0.15, 0.2) is 4.80 Å². The first kappa shape index (κ1) is 26.2. The number of rotatable bonds is 6. The fourth-order valence-electron chi connectivity index (χ4n) is 4.75. The van der Waals surface area contributed by atoms with Crippen molar-refractivity contribution in [3.8, 4) is 0 Å². The van der Waals surface area contributed by atoms with E-state index in [1.54, 1.807) is 11.5 Å². The van der Waals surface area contributed by atoms with Crippen molar-refractivity contribution in [1.82, 2.24) is 8.87 Å². The van der Waals surface area contributed by atoms with Crippen molar-refractivity contribution in [1.29, 1.82) is 0 Å². The molecule has 192 valence electrons. The van der Waals surface area contributed by atoms with Crippen molar-refractivity contribution in [3.05, 3.63) is 58.4 Å².